The van der Waals surface area contributed by atoms with Crippen molar-refractivity contribution in [1.29, 1.82) is 0 Å². The van der Waals surface area contributed by atoms with E-state index in [1.54, 1.807) is 18.2 Å². The molecule has 5 heteroatoms. The van der Waals surface area contributed by atoms with Crippen molar-refractivity contribution in [1.82, 2.24) is 0 Å². The number of amides is 1. The van der Waals surface area contributed by atoms with E-state index in [9.17, 15) is 14.7 Å². The lowest BCUT2D eigenvalue weighted by molar-refractivity contribution is -0.254. The molecule has 1 N–H and O–H groups in total. The van der Waals surface area contributed by atoms with Crippen molar-refractivity contribution >= 4 is 29.3 Å². The molecule has 4 nitrogen and oxygen atoms in total. The molecule has 0 saturated heterocycles. The van der Waals surface area contributed by atoms with Gasteiger partial charge >= 0.3 is 0 Å². The first-order valence-electron chi connectivity index (χ1n) is 6.80. The molecule has 0 aliphatic rings. The Morgan fingerprint density at radius 2 is 1.77 bits per heavy atom. The molecule has 2 aromatic carbocycles. The normalized spacial score (nSPS) is 10.2. The lowest BCUT2D eigenvalue weighted by Crippen LogP contribution is -2.25. The largest absolute Gasteiger partial charge is 0.545 e. The van der Waals surface area contributed by atoms with Gasteiger partial charge in [-0.05, 0) is 18.6 Å². The number of anilines is 1. The van der Waals surface area contributed by atoms with Crippen molar-refractivity contribution in [3.63, 3.8) is 0 Å². The van der Waals surface area contributed by atoms with E-state index in [4.69, 9.17) is 0 Å². The van der Waals surface area contributed by atoms with E-state index in [0.717, 1.165) is 11.3 Å². The highest BCUT2D eigenvalue weighted by molar-refractivity contribution is 7.99. The SMILES string of the molecule is Cc1ccc(CSCC(=O)Nc2ccccc2C(=O)[O-])cc1. The van der Waals surface area contributed by atoms with Crippen LogP contribution >= 0.6 is 11.8 Å². The number of para-hydroxylation sites is 1. The first-order chi connectivity index (χ1) is 10.6. The molecule has 1 amide bonds. The van der Waals surface area contributed by atoms with Gasteiger partial charge in [-0.3, -0.25) is 4.79 Å². The van der Waals surface area contributed by atoms with E-state index in [2.05, 4.69) is 5.32 Å². The van der Waals surface area contributed by atoms with Gasteiger partial charge in [-0.2, -0.15) is 0 Å². The Kier molecular flexibility index (Phi) is 5.61. The number of aromatic carboxylic acids is 1. The molecule has 0 aliphatic carbocycles. The number of carboxylic acids is 1. The van der Waals surface area contributed by atoms with Gasteiger partial charge in [-0.1, -0.05) is 48.0 Å². The van der Waals surface area contributed by atoms with Crippen LogP contribution in [0.4, 0.5) is 5.69 Å². The number of aryl methyl sites for hydroxylation is 1. The minimum absolute atomic E-state index is 0.0145. The molecule has 0 radical (unpaired) electrons. The second-order valence-corrected chi connectivity index (χ2v) is 5.85. The van der Waals surface area contributed by atoms with E-state index < -0.39 is 5.97 Å². The highest BCUT2D eigenvalue weighted by Gasteiger charge is 2.07. The third kappa shape index (κ3) is 4.63. The quantitative estimate of drug-likeness (QED) is 0.888. The number of carboxylic acid groups (broad SMARTS) is 1. The first kappa shape index (κ1) is 16.1. The molecule has 0 fully saturated rings. The van der Waals surface area contributed by atoms with Crippen LogP contribution < -0.4 is 10.4 Å². The van der Waals surface area contributed by atoms with Crippen LogP contribution in [0.2, 0.25) is 0 Å². The number of benzene rings is 2. The summed E-state index contributed by atoms with van der Waals surface area (Å²) in [6, 6.07) is 14.3. The zero-order valence-corrected chi connectivity index (χ0v) is 13.0. The molecule has 2 aromatic rings. The summed E-state index contributed by atoms with van der Waals surface area (Å²) in [4.78, 5) is 22.8. The molecule has 0 spiro atoms. The molecule has 0 heterocycles. The van der Waals surface area contributed by atoms with Gasteiger partial charge in [0.1, 0.15) is 0 Å². The number of carbonyl (C=O) groups is 2. The third-order valence-corrected chi connectivity index (χ3v) is 4.05. The van der Waals surface area contributed by atoms with E-state index in [1.165, 1.54) is 23.4 Å². The molecule has 0 unspecified atom stereocenters. The number of rotatable bonds is 6. The first-order valence-corrected chi connectivity index (χ1v) is 7.95. The van der Waals surface area contributed by atoms with E-state index in [0.29, 0.717) is 0 Å². The second-order valence-electron chi connectivity index (χ2n) is 4.86. The summed E-state index contributed by atoms with van der Waals surface area (Å²) < 4.78 is 0. The van der Waals surface area contributed by atoms with Crippen molar-refractivity contribution in [2.45, 2.75) is 12.7 Å². The van der Waals surface area contributed by atoms with Crippen molar-refractivity contribution in [3.8, 4) is 0 Å². The van der Waals surface area contributed by atoms with Crippen molar-refractivity contribution in [2.24, 2.45) is 0 Å². The molecule has 22 heavy (non-hydrogen) atoms. The number of thioether (sulfide) groups is 1. The topological polar surface area (TPSA) is 69.2 Å². The van der Waals surface area contributed by atoms with E-state index in [1.807, 2.05) is 31.2 Å². The third-order valence-electron chi connectivity index (χ3n) is 3.04. The van der Waals surface area contributed by atoms with Gasteiger partial charge < -0.3 is 15.2 Å². The van der Waals surface area contributed by atoms with Crippen molar-refractivity contribution < 1.29 is 14.7 Å². The van der Waals surface area contributed by atoms with E-state index >= 15 is 0 Å². The lowest BCUT2D eigenvalue weighted by Gasteiger charge is -2.11. The molecule has 0 atom stereocenters. The van der Waals surface area contributed by atoms with Crippen LogP contribution in [0.1, 0.15) is 21.5 Å². The number of hydrogen-bond donors (Lipinski definition) is 1. The van der Waals surface area contributed by atoms with Gasteiger partial charge in [-0.15, -0.1) is 11.8 Å². The van der Waals surface area contributed by atoms with Crippen LogP contribution in [0.25, 0.3) is 0 Å². The fourth-order valence-corrected chi connectivity index (χ4v) is 2.69. The van der Waals surface area contributed by atoms with Gasteiger partial charge in [-0.25, -0.2) is 0 Å². The minimum Gasteiger partial charge on any atom is -0.545 e. The number of carbonyl (C=O) groups excluding carboxylic acids is 2. The molecular weight excluding hydrogens is 298 g/mol. The van der Waals surface area contributed by atoms with E-state index in [-0.39, 0.29) is 22.9 Å². The summed E-state index contributed by atoms with van der Waals surface area (Å²) in [5.41, 5.74) is 2.60. The summed E-state index contributed by atoms with van der Waals surface area (Å²) in [6.45, 7) is 2.03. The second kappa shape index (κ2) is 7.66. The average Bonchev–Trinajstić information content (AvgIpc) is 2.49. The Morgan fingerprint density at radius 3 is 2.45 bits per heavy atom. The summed E-state index contributed by atoms with van der Waals surface area (Å²) in [5, 5.41) is 13.6. The van der Waals surface area contributed by atoms with Gasteiger partial charge in [0.15, 0.2) is 0 Å². The highest BCUT2D eigenvalue weighted by Crippen LogP contribution is 2.16. The van der Waals surface area contributed by atoms with Crippen LogP contribution in [0.5, 0.6) is 0 Å². The Labute approximate surface area is 133 Å². The molecular formula is C17H16NO3S-. The van der Waals surface area contributed by atoms with Crippen LogP contribution in [-0.2, 0) is 10.5 Å². The maximum atomic E-state index is 11.9. The maximum Gasteiger partial charge on any atom is 0.234 e. The predicted octanol–water partition coefficient (Wildman–Crippen LogP) is 2.23. The standard InChI is InChI=1S/C17H17NO3S/c1-12-6-8-13(9-7-12)10-22-11-16(19)18-15-5-3-2-4-14(15)17(20)21/h2-9H,10-11H2,1H3,(H,18,19)(H,20,21)/p-1. The van der Waals surface area contributed by atoms with Gasteiger partial charge in [0.2, 0.25) is 5.91 Å². The zero-order valence-electron chi connectivity index (χ0n) is 12.2. The van der Waals surface area contributed by atoms with Crippen LogP contribution in [-0.4, -0.2) is 17.6 Å². The van der Waals surface area contributed by atoms with Gasteiger partial charge in [0.25, 0.3) is 0 Å². The molecule has 0 aromatic heterocycles. The molecule has 114 valence electrons. The molecule has 0 bridgehead atoms. The van der Waals surface area contributed by atoms with Crippen LogP contribution in [0, 0.1) is 6.92 Å². The lowest BCUT2D eigenvalue weighted by atomic mass is 10.2. The summed E-state index contributed by atoms with van der Waals surface area (Å²) in [7, 11) is 0. The smallest absolute Gasteiger partial charge is 0.234 e. The number of hydrogen-bond acceptors (Lipinski definition) is 4. The van der Waals surface area contributed by atoms with Gasteiger partial charge in [0.05, 0.1) is 11.7 Å². The molecule has 0 aliphatic heterocycles. The summed E-state index contributed by atoms with van der Waals surface area (Å²) in [5.74, 6) is -0.542. The molecule has 2 rings (SSSR count). The monoisotopic (exact) mass is 314 g/mol. The number of nitrogens with one attached hydrogen (secondary N) is 1. The predicted molar refractivity (Wildman–Crippen MR) is 86.7 cm³/mol. The van der Waals surface area contributed by atoms with Gasteiger partial charge in [0, 0.05) is 17.0 Å². The average molecular weight is 314 g/mol. The molecule has 0 saturated carbocycles. The zero-order chi connectivity index (χ0) is 15.9. The fraction of sp³-hybridized carbons (Fsp3) is 0.176. The van der Waals surface area contributed by atoms with Crippen molar-refractivity contribution in [3.05, 3.63) is 65.2 Å². The Hall–Kier alpha value is -2.27. The fourth-order valence-electron chi connectivity index (χ4n) is 1.90. The Bertz CT molecular complexity index is 668. The minimum atomic E-state index is -1.30. The Balaban J connectivity index is 1.86. The summed E-state index contributed by atoms with van der Waals surface area (Å²) in [6.07, 6.45) is 0. The highest BCUT2D eigenvalue weighted by atomic mass is 32.2. The maximum absolute atomic E-state index is 11.9. The van der Waals surface area contributed by atoms with Crippen LogP contribution in [0.15, 0.2) is 48.5 Å². The Morgan fingerprint density at radius 1 is 1.09 bits per heavy atom. The van der Waals surface area contributed by atoms with Crippen molar-refractivity contribution in [2.75, 3.05) is 11.1 Å². The van der Waals surface area contributed by atoms with Crippen LogP contribution in [0.3, 0.4) is 0 Å². The summed E-state index contributed by atoms with van der Waals surface area (Å²) >= 11 is 1.48.